The van der Waals surface area contributed by atoms with Gasteiger partial charge >= 0.3 is 0 Å². The number of nitrogens with one attached hydrogen (secondary N) is 1. The minimum atomic E-state index is -0.351. The summed E-state index contributed by atoms with van der Waals surface area (Å²) in [6.45, 7) is 1.63. The second-order valence-corrected chi connectivity index (χ2v) is 5.72. The van der Waals surface area contributed by atoms with E-state index >= 15 is 0 Å². The summed E-state index contributed by atoms with van der Waals surface area (Å²) >= 11 is 0. The minimum absolute atomic E-state index is 0.188. The minimum Gasteiger partial charge on any atom is -0.381 e. The lowest BCUT2D eigenvalue weighted by Gasteiger charge is -2.33. The lowest BCUT2D eigenvalue weighted by Crippen LogP contribution is -2.39. The van der Waals surface area contributed by atoms with Crippen molar-refractivity contribution in [2.24, 2.45) is 0 Å². The van der Waals surface area contributed by atoms with Crippen LogP contribution in [0.15, 0.2) is 36.5 Å². The molecule has 120 valence electrons. The van der Waals surface area contributed by atoms with Gasteiger partial charge in [-0.15, -0.1) is 0 Å². The van der Waals surface area contributed by atoms with Crippen LogP contribution in [0.25, 0.3) is 0 Å². The predicted molar refractivity (Wildman–Crippen MR) is 88.9 cm³/mol. The van der Waals surface area contributed by atoms with Gasteiger partial charge in [0.25, 0.3) is 0 Å². The lowest BCUT2D eigenvalue weighted by molar-refractivity contribution is 0.523. The average molecular weight is 321 g/mol. The van der Waals surface area contributed by atoms with E-state index < -0.39 is 0 Å². The van der Waals surface area contributed by atoms with Crippen LogP contribution in [0.1, 0.15) is 24.0 Å². The summed E-state index contributed by atoms with van der Waals surface area (Å²) in [6, 6.07) is 12.1. The Morgan fingerprint density at radius 1 is 1.12 bits per heavy atom. The fourth-order valence-corrected chi connectivity index (χ4v) is 2.85. The Labute approximate surface area is 140 Å². The quantitative estimate of drug-likeness (QED) is 0.940. The van der Waals surface area contributed by atoms with Gasteiger partial charge in [-0.25, -0.2) is 9.37 Å². The van der Waals surface area contributed by atoms with Crippen molar-refractivity contribution < 1.29 is 4.39 Å². The number of piperidine rings is 1. The van der Waals surface area contributed by atoms with E-state index in [0.29, 0.717) is 16.8 Å². The molecule has 0 atom stereocenters. The summed E-state index contributed by atoms with van der Waals surface area (Å²) < 4.78 is 13.4. The zero-order valence-corrected chi connectivity index (χ0v) is 13.0. The molecule has 2 aromatic rings. The maximum atomic E-state index is 13.4. The van der Waals surface area contributed by atoms with Crippen LogP contribution < -0.4 is 10.2 Å². The van der Waals surface area contributed by atoms with Crippen molar-refractivity contribution >= 4 is 11.5 Å². The maximum absolute atomic E-state index is 13.4. The summed E-state index contributed by atoms with van der Waals surface area (Å²) in [7, 11) is 0. The van der Waals surface area contributed by atoms with Crippen molar-refractivity contribution in [3.63, 3.8) is 0 Å². The van der Waals surface area contributed by atoms with E-state index in [4.69, 9.17) is 10.5 Å². The fraction of sp³-hybridized carbons (Fsp3) is 0.278. The number of hydrogen-bond acceptors (Lipinski definition) is 5. The molecular weight excluding hydrogens is 305 g/mol. The molecular formula is C18H16FN5. The van der Waals surface area contributed by atoms with Crippen LogP contribution in [-0.4, -0.2) is 24.1 Å². The molecule has 1 N–H and O–H groups in total. The molecule has 0 radical (unpaired) electrons. The molecule has 0 bridgehead atoms. The first-order valence-corrected chi connectivity index (χ1v) is 7.77. The Morgan fingerprint density at radius 2 is 1.92 bits per heavy atom. The maximum Gasteiger partial charge on any atom is 0.128 e. The molecule has 0 spiro atoms. The smallest absolute Gasteiger partial charge is 0.128 e. The number of hydrogen-bond donors (Lipinski definition) is 1. The summed E-state index contributed by atoms with van der Waals surface area (Å²) in [6.07, 6.45) is 3.30. The molecule has 0 unspecified atom stereocenters. The van der Waals surface area contributed by atoms with Gasteiger partial charge in [0.15, 0.2) is 0 Å². The first-order chi connectivity index (χ1) is 11.7. The Bertz CT molecular complexity index is 796. The van der Waals surface area contributed by atoms with Crippen molar-refractivity contribution in [2.75, 3.05) is 23.3 Å². The van der Waals surface area contributed by atoms with Gasteiger partial charge in [0.05, 0.1) is 16.8 Å². The highest BCUT2D eigenvalue weighted by Gasteiger charge is 2.21. The van der Waals surface area contributed by atoms with Crippen LogP contribution in [-0.2, 0) is 0 Å². The van der Waals surface area contributed by atoms with Crippen molar-refractivity contribution in [3.8, 4) is 12.1 Å². The second-order valence-electron chi connectivity index (χ2n) is 5.72. The van der Waals surface area contributed by atoms with Gasteiger partial charge in [0.2, 0.25) is 0 Å². The van der Waals surface area contributed by atoms with E-state index in [1.807, 2.05) is 6.07 Å². The number of aromatic nitrogens is 1. The molecule has 5 nitrogen and oxygen atoms in total. The van der Waals surface area contributed by atoms with Gasteiger partial charge in [0.1, 0.15) is 23.8 Å². The number of benzene rings is 1. The molecule has 24 heavy (non-hydrogen) atoms. The largest absolute Gasteiger partial charge is 0.381 e. The third-order valence-electron chi connectivity index (χ3n) is 4.16. The summed E-state index contributed by atoms with van der Waals surface area (Å²) in [5, 5.41) is 21.2. The molecule has 1 saturated heterocycles. The van der Waals surface area contributed by atoms with Crippen LogP contribution in [0, 0.1) is 28.5 Å². The monoisotopic (exact) mass is 321 g/mol. The van der Waals surface area contributed by atoms with Crippen LogP contribution in [0.2, 0.25) is 0 Å². The third kappa shape index (κ3) is 3.44. The van der Waals surface area contributed by atoms with E-state index in [-0.39, 0.29) is 11.9 Å². The molecule has 1 aliphatic heterocycles. The number of nitriles is 2. The number of nitrogens with zero attached hydrogens (tertiary/aromatic N) is 4. The van der Waals surface area contributed by atoms with Gasteiger partial charge in [-0.2, -0.15) is 10.5 Å². The summed E-state index contributed by atoms with van der Waals surface area (Å²) in [5.41, 5.74) is 1.55. The highest BCUT2D eigenvalue weighted by molar-refractivity contribution is 5.58. The Morgan fingerprint density at radius 3 is 2.54 bits per heavy atom. The molecule has 3 rings (SSSR count). The molecule has 1 fully saturated rings. The molecule has 0 saturated carbocycles. The number of rotatable bonds is 3. The zero-order chi connectivity index (χ0) is 16.9. The molecule has 0 aliphatic carbocycles. The van der Waals surface area contributed by atoms with Gasteiger partial charge < -0.3 is 10.2 Å². The van der Waals surface area contributed by atoms with E-state index in [2.05, 4.69) is 27.3 Å². The second kappa shape index (κ2) is 6.97. The van der Waals surface area contributed by atoms with Crippen molar-refractivity contribution in [3.05, 3.63) is 53.5 Å². The predicted octanol–water partition coefficient (Wildman–Crippen LogP) is 3.04. The highest BCUT2D eigenvalue weighted by atomic mass is 19.1. The van der Waals surface area contributed by atoms with E-state index in [1.54, 1.807) is 12.3 Å². The fourth-order valence-electron chi connectivity index (χ4n) is 2.85. The molecule has 1 aromatic carbocycles. The molecule has 1 aliphatic rings. The SMILES string of the molecule is N#Cc1ccc(N2CCC(Nc3cc(F)ccc3C#N)CC2)nc1. The standard InChI is InChI=1S/C18H16FN5/c19-15-3-2-14(11-21)17(9-15)23-16-5-7-24(8-6-16)18-4-1-13(10-20)12-22-18/h1-4,9,12,16,23H,5-8H2. The number of pyridine rings is 1. The third-order valence-corrected chi connectivity index (χ3v) is 4.16. The summed E-state index contributed by atoms with van der Waals surface area (Å²) in [5.74, 6) is 0.506. The molecule has 6 heteroatoms. The number of anilines is 2. The van der Waals surface area contributed by atoms with Crippen molar-refractivity contribution in [2.45, 2.75) is 18.9 Å². The summed E-state index contributed by atoms with van der Waals surface area (Å²) in [4.78, 5) is 6.47. The average Bonchev–Trinajstić information content (AvgIpc) is 2.63. The Hall–Kier alpha value is -3.12. The van der Waals surface area contributed by atoms with Crippen LogP contribution in [0.5, 0.6) is 0 Å². The first kappa shape index (κ1) is 15.8. The van der Waals surface area contributed by atoms with E-state index in [1.165, 1.54) is 18.2 Å². The van der Waals surface area contributed by atoms with Gasteiger partial charge in [-0.05, 0) is 43.2 Å². The topological polar surface area (TPSA) is 75.7 Å². The molecule has 1 aromatic heterocycles. The van der Waals surface area contributed by atoms with Crippen molar-refractivity contribution in [1.82, 2.24) is 4.98 Å². The Balaban J connectivity index is 1.62. The van der Waals surface area contributed by atoms with Gasteiger partial charge in [-0.3, -0.25) is 0 Å². The zero-order valence-electron chi connectivity index (χ0n) is 13.0. The first-order valence-electron chi connectivity index (χ1n) is 7.77. The molecule has 2 heterocycles. The van der Waals surface area contributed by atoms with E-state index in [9.17, 15) is 4.39 Å². The van der Waals surface area contributed by atoms with Gasteiger partial charge in [-0.1, -0.05) is 0 Å². The number of halogens is 1. The van der Waals surface area contributed by atoms with Crippen LogP contribution >= 0.6 is 0 Å². The normalized spacial score (nSPS) is 14.7. The van der Waals surface area contributed by atoms with E-state index in [0.717, 1.165) is 31.7 Å². The van der Waals surface area contributed by atoms with Crippen LogP contribution in [0.3, 0.4) is 0 Å². The lowest BCUT2D eigenvalue weighted by atomic mass is 10.0. The van der Waals surface area contributed by atoms with Crippen LogP contribution in [0.4, 0.5) is 15.9 Å². The molecule has 0 amide bonds. The Kier molecular flexibility index (Phi) is 4.58. The van der Waals surface area contributed by atoms with Gasteiger partial charge in [0, 0.05) is 25.3 Å². The van der Waals surface area contributed by atoms with Crippen molar-refractivity contribution in [1.29, 1.82) is 10.5 Å². The highest BCUT2D eigenvalue weighted by Crippen LogP contribution is 2.23.